The van der Waals surface area contributed by atoms with Crippen molar-refractivity contribution in [3.63, 3.8) is 0 Å². The SMILES string of the molecule is CC(Cc1ccccc1)NC(=O)Cc1ccccc1O. The predicted molar refractivity (Wildman–Crippen MR) is 79.6 cm³/mol. The van der Waals surface area contributed by atoms with E-state index in [-0.39, 0.29) is 24.1 Å². The van der Waals surface area contributed by atoms with Crippen molar-refractivity contribution in [1.82, 2.24) is 5.32 Å². The molecule has 2 N–H and O–H groups in total. The van der Waals surface area contributed by atoms with Crippen LogP contribution in [0.4, 0.5) is 0 Å². The number of carbonyl (C=O) groups is 1. The molecule has 0 spiro atoms. The van der Waals surface area contributed by atoms with E-state index in [1.165, 1.54) is 5.56 Å². The molecule has 2 rings (SSSR count). The third-order valence-corrected chi connectivity index (χ3v) is 3.13. The largest absolute Gasteiger partial charge is 0.508 e. The Morgan fingerprint density at radius 2 is 1.75 bits per heavy atom. The second-order valence-electron chi connectivity index (χ2n) is 4.96. The molecule has 104 valence electrons. The first kappa shape index (κ1) is 14.1. The molecule has 2 aromatic rings. The molecule has 1 amide bonds. The highest BCUT2D eigenvalue weighted by molar-refractivity contribution is 5.79. The van der Waals surface area contributed by atoms with Gasteiger partial charge in [-0.3, -0.25) is 4.79 Å². The van der Waals surface area contributed by atoms with Crippen LogP contribution in [0.3, 0.4) is 0 Å². The molecule has 1 atom stereocenters. The lowest BCUT2D eigenvalue weighted by molar-refractivity contribution is -0.121. The summed E-state index contributed by atoms with van der Waals surface area (Å²) < 4.78 is 0. The van der Waals surface area contributed by atoms with Crippen LogP contribution in [0.2, 0.25) is 0 Å². The van der Waals surface area contributed by atoms with Gasteiger partial charge in [0.05, 0.1) is 6.42 Å². The van der Waals surface area contributed by atoms with Crippen LogP contribution in [0.1, 0.15) is 18.1 Å². The number of benzene rings is 2. The summed E-state index contributed by atoms with van der Waals surface area (Å²) in [6.07, 6.45) is 0.999. The van der Waals surface area contributed by atoms with Gasteiger partial charge in [-0.05, 0) is 25.0 Å². The monoisotopic (exact) mass is 269 g/mol. The number of phenols is 1. The average molecular weight is 269 g/mol. The third-order valence-electron chi connectivity index (χ3n) is 3.13. The number of amides is 1. The van der Waals surface area contributed by atoms with E-state index in [1.54, 1.807) is 18.2 Å². The number of nitrogens with one attached hydrogen (secondary N) is 1. The lowest BCUT2D eigenvalue weighted by atomic mass is 10.1. The van der Waals surface area contributed by atoms with Crippen LogP contribution in [0, 0.1) is 0 Å². The van der Waals surface area contributed by atoms with E-state index in [4.69, 9.17) is 0 Å². The van der Waals surface area contributed by atoms with E-state index in [0.717, 1.165) is 6.42 Å². The van der Waals surface area contributed by atoms with Crippen molar-refractivity contribution >= 4 is 5.91 Å². The minimum Gasteiger partial charge on any atom is -0.508 e. The minimum absolute atomic E-state index is 0.0655. The fourth-order valence-corrected chi connectivity index (χ4v) is 2.18. The molecule has 0 saturated heterocycles. The van der Waals surface area contributed by atoms with E-state index >= 15 is 0 Å². The van der Waals surface area contributed by atoms with Crippen LogP contribution in [-0.2, 0) is 17.6 Å². The van der Waals surface area contributed by atoms with Gasteiger partial charge in [-0.2, -0.15) is 0 Å². The Morgan fingerprint density at radius 3 is 2.45 bits per heavy atom. The van der Waals surface area contributed by atoms with Crippen LogP contribution >= 0.6 is 0 Å². The number of para-hydroxylation sites is 1. The summed E-state index contributed by atoms with van der Waals surface area (Å²) >= 11 is 0. The molecule has 0 heterocycles. The zero-order valence-electron chi connectivity index (χ0n) is 11.5. The Labute approximate surface area is 119 Å². The lowest BCUT2D eigenvalue weighted by Crippen LogP contribution is -2.35. The maximum Gasteiger partial charge on any atom is 0.224 e. The second kappa shape index (κ2) is 6.75. The van der Waals surface area contributed by atoms with Crippen LogP contribution in [0.15, 0.2) is 54.6 Å². The van der Waals surface area contributed by atoms with E-state index in [0.29, 0.717) is 5.56 Å². The lowest BCUT2D eigenvalue weighted by Gasteiger charge is -2.14. The van der Waals surface area contributed by atoms with Gasteiger partial charge < -0.3 is 10.4 Å². The zero-order chi connectivity index (χ0) is 14.4. The molecule has 0 bridgehead atoms. The molecule has 0 aromatic heterocycles. The summed E-state index contributed by atoms with van der Waals surface area (Å²) in [5.74, 6) is 0.0910. The maximum absolute atomic E-state index is 11.9. The molecule has 2 aromatic carbocycles. The first-order chi connectivity index (χ1) is 9.65. The fraction of sp³-hybridized carbons (Fsp3) is 0.235. The molecule has 0 radical (unpaired) electrons. The summed E-state index contributed by atoms with van der Waals surface area (Å²) in [6, 6.07) is 17.0. The van der Waals surface area contributed by atoms with Crippen molar-refractivity contribution in [3.8, 4) is 5.75 Å². The van der Waals surface area contributed by atoms with Gasteiger partial charge in [0.1, 0.15) is 5.75 Å². The van der Waals surface area contributed by atoms with E-state index in [2.05, 4.69) is 5.32 Å². The molecule has 0 fully saturated rings. The molecule has 1 unspecified atom stereocenters. The van der Waals surface area contributed by atoms with Gasteiger partial charge in [-0.15, -0.1) is 0 Å². The van der Waals surface area contributed by atoms with Gasteiger partial charge in [0.25, 0.3) is 0 Å². The van der Waals surface area contributed by atoms with Gasteiger partial charge in [0.2, 0.25) is 5.91 Å². The van der Waals surface area contributed by atoms with Crippen molar-refractivity contribution in [2.75, 3.05) is 0 Å². The maximum atomic E-state index is 11.9. The molecule has 20 heavy (non-hydrogen) atoms. The fourth-order valence-electron chi connectivity index (χ4n) is 2.18. The zero-order valence-corrected chi connectivity index (χ0v) is 11.5. The number of hydrogen-bond donors (Lipinski definition) is 2. The van der Waals surface area contributed by atoms with E-state index in [1.807, 2.05) is 43.3 Å². The van der Waals surface area contributed by atoms with Crippen LogP contribution in [-0.4, -0.2) is 17.1 Å². The van der Waals surface area contributed by atoms with Gasteiger partial charge in [0.15, 0.2) is 0 Å². The Morgan fingerprint density at radius 1 is 1.10 bits per heavy atom. The van der Waals surface area contributed by atoms with E-state index in [9.17, 15) is 9.90 Å². The molecule has 0 aliphatic heterocycles. The second-order valence-corrected chi connectivity index (χ2v) is 4.96. The first-order valence-electron chi connectivity index (χ1n) is 6.75. The highest BCUT2D eigenvalue weighted by atomic mass is 16.3. The Kier molecular flexibility index (Phi) is 4.77. The number of hydrogen-bond acceptors (Lipinski definition) is 2. The van der Waals surface area contributed by atoms with Crippen LogP contribution in [0.25, 0.3) is 0 Å². The van der Waals surface area contributed by atoms with Gasteiger partial charge in [-0.25, -0.2) is 0 Å². The number of rotatable bonds is 5. The van der Waals surface area contributed by atoms with Crippen molar-refractivity contribution in [1.29, 1.82) is 0 Å². The van der Waals surface area contributed by atoms with Gasteiger partial charge in [-0.1, -0.05) is 48.5 Å². The normalized spacial score (nSPS) is 11.8. The first-order valence-corrected chi connectivity index (χ1v) is 6.75. The summed E-state index contributed by atoms with van der Waals surface area (Å²) in [5.41, 5.74) is 1.85. The summed E-state index contributed by atoms with van der Waals surface area (Å²) in [5, 5.41) is 12.6. The quantitative estimate of drug-likeness (QED) is 0.876. The summed E-state index contributed by atoms with van der Waals surface area (Å²) in [7, 11) is 0. The van der Waals surface area contributed by atoms with Crippen LogP contribution < -0.4 is 5.32 Å². The number of aromatic hydroxyl groups is 1. The highest BCUT2D eigenvalue weighted by Gasteiger charge is 2.10. The van der Waals surface area contributed by atoms with Crippen molar-refractivity contribution in [2.24, 2.45) is 0 Å². The molecule has 3 nitrogen and oxygen atoms in total. The molecule has 3 heteroatoms. The topological polar surface area (TPSA) is 49.3 Å². The summed E-state index contributed by atoms with van der Waals surface area (Å²) in [4.78, 5) is 11.9. The molecule has 0 saturated carbocycles. The third kappa shape index (κ3) is 4.12. The number of phenolic OH excluding ortho intramolecular Hbond substituents is 1. The van der Waals surface area contributed by atoms with Crippen molar-refractivity contribution in [2.45, 2.75) is 25.8 Å². The molecular formula is C17H19NO2. The van der Waals surface area contributed by atoms with Crippen molar-refractivity contribution < 1.29 is 9.90 Å². The van der Waals surface area contributed by atoms with Crippen LogP contribution in [0.5, 0.6) is 5.75 Å². The smallest absolute Gasteiger partial charge is 0.224 e. The van der Waals surface area contributed by atoms with Crippen molar-refractivity contribution in [3.05, 3.63) is 65.7 Å². The average Bonchev–Trinajstić information content (AvgIpc) is 2.42. The minimum atomic E-state index is -0.0741. The number of carbonyl (C=O) groups excluding carboxylic acids is 1. The molecule has 0 aliphatic rings. The Bertz CT molecular complexity index is 566. The predicted octanol–water partition coefficient (Wildman–Crippen LogP) is 2.68. The Balaban J connectivity index is 1.87. The van der Waals surface area contributed by atoms with Gasteiger partial charge in [0, 0.05) is 11.6 Å². The summed E-state index contributed by atoms with van der Waals surface area (Å²) in [6.45, 7) is 1.98. The van der Waals surface area contributed by atoms with E-state index < -0.39 is 0 Å². The standard InChI is InChI=1S/C17H19NO2/c1-13(11-14-7-3-2-4-8-14)18-17(20)12-15-9-5-6-10-16(15)19/h2-10,13,19H,11-12H2,1H3,(H,18,20). The Hall–Kier alpha value is -2.29. The highest BCUT2D eigenvalue weighted by Crippen LogP contribution is 2.16. The van der Waals surface area contributed by atoms with Gasteiger partial charge >= 0.3 is 0 Å². The molecular weight excluding hydrogens is 250 g/mol. The molecule has 0 aliphatic carbocycles.